The number of aliphatic hydroxyl groups excluding tert-OH is 1. The van der Waals surface area contributed by atoms with Gasteiger partial charge in [0.1, 0.15) is 0 Å². The van der Waals surface area contributed by atoms with E-state index in [0.29, 0.717) is 19.4 Å². The lowest BCUT2D eigenvalue weighted by Gasteiger charge is -2.30. The molecule has 1 heterocycles. The molecule has 1 unspecified atom stereocenters. The molecule has 1 aliphatic heterocycles. The molecule has 5 nitrogen and oxygen atoms in total. The second kappa shape index (κ2) is 6.99. The van der Waals surface area contributed by atoms with Crippen molar-refractivity contribution in [2.75, 3.05) is 19.6 Å². The molecule has 1 aromatic carbocycles. The van der Waals surface area contributed by atoms with E-state index in [9.17, 15) is 27.9 Å². The average molecular weight is 330 g/mol. The third-order valence-corrected chi connectivity index (χ3v) is 3.62. The minimum atomic E-state index is -4.46. The Balaban J connectivity index is 1.88. The van der Waals surface area contributed by atoms with Crippen molar-refractivity contribution in [3.8, 4) is 0 Å². The van der Waals surface area contributed by atoms with E-state index in [-0.39, 0.29) is 24.6 Å². The Bertz CT molecular complexity index is 572. The standard InChI is InChI=1S/C15H17F3N2O3/c16-15(17,18)11-5-3-10(4-6-11)14(23)19-8-13(22)20-7-1-2-12(21)9-20/h3-6,12,21H,1-2,7-9H2,(H,19,23). The molecular formula is C15H17F3N2O3. The number of benzene rings is 1. The molecule has 0 aromatic heterocycles. The van der Waals surface area contributed by atoms with Crippen LogP contribution in [0.4, 0.5) is 13.2 Å². The summed E-state index contributed by atoms with van der Waals surface area (Å²) in [5, 5.41) is 11.9. The van der Waals surface area contributed by atoms with E-state index in [1.807, 2.05) is 0 Å². The van der Waals surface area contributed by atoms with Gasteiger partial charge in [-0.1, -0.05) is 0 Å². The van der Waals surface area contributed by atoms with Gasteiger partial charge in [-0.25, -0.2) is 0 Å². The van der Waals surface area contributed by atoms with Crippen LogP contribution < -0.4 is 5.32 Å². The Morgan fingerprint density at radius 1 is 1.26 bits per heavy atom. The van der Waals surface area contributed by atoms with Crippen LogP contribution in [0, 0.1) is 0 Å². The quantitative estimate of drug-likeness (QED) is 0.881. The number of nitrogens with zero attached hydrogens (tertiary/aromatic N) is 1. The largest absolute Gasteiger partial charge is 0.416 e. The fourth-order valence-corrected chi connectivity index (χ4v) is 2.36. The zero-order valence-corrected chi connectivity index (χ0v) is 12.3. The first kappa shape index (κ1) is 17.3. The summed E-state index contributed by atoms with van der Waals surface area (Å²) in [7, 11) is 0. The zero-order chi connectivity index (χ0) is 17.0. The third-order valence-electron chi connectivity index (χ3n) is 3.62. The highest BCUT2D eigenvalue weighted by molar-refractivity contribution is 5.96. The predicted molar refractivity (Wildman–Crippen MR) is 75.6 cm³/mol. The van der Waals surface area contributed by atoms with Crippen LogP contribution in [0.25, 0.3) is 0 Å². The summed E-state index contributed by atoms with van der Waals surface area (Å²) in [4.78, 5) is 25.2. The third kappa shape index (κ3) is 4.69. The molecule has 1 atom stereocenters. The van der Waals surface area contributed by atoms with Crippen LogP contribution in [0.3, 0.4) is 0 Å². The number of hydrogen-bond acceptors (Lipinski definition) is 3. The van der Waals surface area contributed by atoms with E-state index in [0.717, 1.165) is 24.3 Å². The highest BCUT2D eigenvalue weighted by Gasteiger charge is 2.30. The van der Waals surface area contributed by atoms with Gasteiger partial charge in [-0.05, 0) is 37.1 Å². The number of likely N-dealkylation sites (tertiary alicyclic amines) is 1. The molecule has 0 saturated carbocycles. The topological polar surface area (TPSA) is 69.6 Å². The predicted octanol–water partition coefficient (Wildman–Crippen LogP) is 1.42. The molecule has 1 aromatic rings. The molecule has 1 fully saturated rings. The van der Waals surface area contributed by atoms with Crippen LogP contribution in [0.15, 0.2) is 24.3 Å². The van der Waals surface area contributed by atoms with E-state index in [4.69, 9.17) is 0 Å². The number of carbonyl (C=O) groups is 2. The van der Waals surface area contributed by atoms with Gasteiger partial charge in [-0.3, -0.25) is 9.59 Å². The van der Waals surface area contributed by atoms with Crippen molar-refractivity contribution in [1.82, 2.24) is 10.2 Å². The van der Waals surface area contributed by atoms with Gasteiger partial charge < -0.3 is 15.3 Å². The summed E-state index contributed by atoms with van der Waals surface area (Å²) < 4.78 is 37.3. The van der Waals surface area contributed by atoms with Crippen molar-refractivity contribution in [3.05, 3.63) is 35.4 Å². The zero-order valence-electron chi connectivity index (χ0n) is 12.3. The molecule has 2 rings (SSSR count). The van der Waals surface area contributed by atoms with Gasteiger partial charge in [0.25, 0.3) is 5.91 Å². The molecule has 1 aliphatic rings. The molecule has 8 heteroatoms. The fraction of sp³-hybridized carbons (Fsp3) is 0.467. The number of halogens is 3. The average Bonchev–Trinajstić information content (AvgIpc) is 2.51. The molecule has 1 saturated heterocycles. The lowest BCUT2D eigenvalue weighted by molar-refractivity contribution is -0.137. The van der Waals surface area contributed by atoms with Crippen LogP contribution >= 0.6 is 0 Å². The van der Waals surface area contributed by atoms with E-state index in [1.54, 1.807) is 0 Å². The van der Waals surface area contributed by atoms with Crippen LogP contribution in [0.2, 0.25) is 0 Å². The van der Waals surface area contributed by atoms with Crippen molar-refractivity contribution in [2.45, 2.75) is 25.1 Å². The Morgan fingerprint density at radius 3 is 2.48 bits per heavy atom. The maximum Gasteiger partial charge on any atom is 0.416 e. The first-order valence-electron chi connectivity index (χ1n) is 7.18. The minimum absolute atomic E-state index is 0.0458. The SMILES string of the molecule is O=C(NCC(=O)N1CCCC(O)C1)c1ccc(C(F)(F)F)cc1. The molecule has 2 amide bonds. The smallest absolute Gasteiger partial charge is 0.391 e. The van der Waals surface area contributed by atoms with Gasteiger partial charge >= 0.3 is 6.18 Å². The summed E-state index contributed by atoms with van der Waals surface area (Å²) in [6.07, 6.45) is -3.68. The minimum Gasteiger partial charge on any atom is -0.391 e. The van der Waals surface area contributed by atoms with Gasteiger partial charge in [0.15, 0.2) is 0 Å². The molecule has 0 bridgehead atoms. The van der Waals surface area contributed by atoms with Gasteiger partial charge in [0.05, 0.1) is 18.2 Å². The molecule has 2 N–H and O–H groups in total. The normalized spacial score (nSPS) is 18.6. The number of amides is 2. The highest BCUT2D eigenvalue weighted by atomic mass is 19.4. The van der Waals surface area contributed by atoms with Crippen molar-refractivity contribution in [1.29, 1.82) is 0 Å². The van der Waals surface area contributed by atoms with Crippen LogP contribution in [-0.2, 0) is 11.0 Å². The van der Waals surface area contributed by atoms with Crippen LogP contribution in [0.1, 0.15) is 28.8 Å². The van der Waals surface area contributed by atoms with Crippen molar-refractivity contribution in [3.63, 3.8) is 0 Å². The first-order chi connectivity index (χ1) is 10.8. The van der Waals surface area contributed by atoms with Gasteiger partial charge in [0, 0.05) is 18.7 Å². The van der Waals surface area contributed by atoms with E-state index >= 15 is 0 Å². The van der Waals surface area contributed by atoms with Crippen LogP contribution in [-0.4, -0.2) is 47.6 Å². The highest BCUT2D eigenvalue weighted by Crippen LogP contribution is 2.29. The Kier molecular flexibility index (Phi) is 5.25. The van der Waals surface area contributed by atoms with Gasteiger partial charge in [0.2, 0.25) is 5.91 Å². The van der Waals surface area contributed by atoms with Crippen LogP contribution in [0.5, 0.6) is 0 Å². The summed E-state index contributed by atoms with van der Waals surface area (Å²) in [5.74, 6) is -0.950. The number of rotatable bonds is 3. The van der Waals surface area contributed by atoms with Crippen molar-refractivity contribution < 1.29 is 27.9 Å². The van der Waals surface area contributed by atoms with E-state index < -0.39 is 23.8 Å². The second-order valence-corrected chi connectivity index (χ2v) is 5.39. The van der Waals surface area contributed by atoms with Crippen molar-refractivity contribution >= 4 is 11.8 Å². The van der Waals surface area contributed by atoms with Gasteiger partial charge in [-0.2, -0.15) is 13.2 Å². The van der Waals surface area contributed by atoms with E-state index in [2.05, 4.69) is 5.32 Å². The van der Waals surface area contributed by atoms with Gasteiger partial charge in [-0.15, -0.1) is 0 Å². The number of hydrogen-bond donors (Lipinski definition) is 2. The summed E-state index contributed by atoms with van der Waals surface area (Å²) in [6.45, 7) is 0.494. The molecule has 0 aliphatic carbocycles. The first-order valence-corrected chi connectivity index (χ1v) is 7.18. The molecule has 23 heavy (non-hydrogen) atoms. The number of piperidine rings is 1. The Morgan fingerprint density at radius 2 is 1.91 bits per heavy atom. The monoisotopic (exact) mass is 330 g/mol. The number of alkyl halides is 3. The fourth-order valence-electron chi connectivity index (χ4n) is 2.36. The summed E-state index contributed by atoms with van der Waals surface area (Å²) >= 11 is 0. The van der Waals surface area contributed by atoms with Crippen molar-refractivity contribution in [2.24, 2.45) is 0 Å². The van der Waals surface area contributed by atoms with E-state index in [1.165, 1.54) is 4.90 Å². The second-order valence-electron chi connectivity index (χ2n) is 5.39. The molecule has 126 valence electrons. The Hall–Kier alpha value is -2.09. The molecule has 0 radical (unpaired) electrons. The summed E-state index contributed by atoms with van der Waals surface area (Å²) in [5.41, 5.74) is -0.795. The number of aliphatic hydroxyl groups is 1. The summed E-state index contributed by atoms with van der Waals surface area (Å²) in [6, 6.07) is 3.76. The lowest BCUT2D eigenvalue weighted by Crippen LogP contribution is -2.46. The maximum absolute atomic E-state index is 12.4. The lowest BCUT2D eigenvalue weighted by atomic mass is 10.1. The number of nitrogens with one attached hydrogen (secondary N) is 1. The maximum atomic E-state index is 12.4. The number of carbonyl (C=O) groups excluding carboxylic acids is 2. The molecular weight excluding hydrogens is 313 g/mol. The number of β-amino-alcohol motifs (C(OH)–C–C–N with tert-alkyl or cyclic N) is 1. The Labute approximate surface area is 131 Å². The molecule has 0 spiro atoms.